The van der Waals surface area contributed by atoms with Gasteiger partial charge in [-0.25, -0.2) is 9.07 Å². The molecule has 6 nitrogen and oxygen atoms in total. The molecule has 0 bridgehead atoms. The molecule has 2 aromatic heterocycles. The zero-order valence-electron chi connectivity index (χ0n) is 17.0. The minimum atomic E-state index is -0.481. The number of hydrogen-bond acceptors (Lipinski definition) is 3. The van der Waals surface area contributed by atoms with Gasteiger partial charge < -0.3 is 15.0 Å². The SMILES string of the molecule is O=C1CC[C@H](c2cn(-c3ccc(F)cc3)nc2-c2ccc(F)[nH]2)N1Cc1ccc(O)cc1. The number of phenols is 1. The minimum absolute atomic E-state index is 0.0150. The summed E-state index contributed by atoms with van der Waals surface area (Å²) in [5.74, 6) is -0.657. The molecule has 1 atom stereocenters. The zero-order chi connectivity index (χ0) is 22.2. The molecule has 0 radical (unpaired) electrons. The molecular formula is C24H20F2N4O2. The molecular weight excluding hydrogens is 414 g/mol. The Balaban J connectivity index is 1.56. The number of phenolic OH excluding ortho intramolecular Hbond substituents is 1. The lowest BCUT2D eigenvalue weighted by Gasteiger charge is -2.25. The number of nitrogens with one attached hydrogen (secondary N) is 1. The number of carbonyl (C=O) groups is 1. The molecule has 8 heteroatoms. The second-order valence-corrected chi connectivity index (χ2v) is 7.82. The molecule has 1 aliphatic heterocycles. The van der Waals surface area contributed by atoms with Crippen molar-refractivity contribution in [1.29, 1.82) is 0 Å². The summed E-state index contributed by atoms with van der Waals surface area (Å²) in [5.41, 5.74) is 3.36. The maximum Gasteiger partial charge on any atom is 0.223 e. The van der Waals surface area contributed by atoms with E-state index in [0.29, 0.717) is 36.5 Å². The van der Waals surface area contributed by atoms with Crippen LogP contribution in [0, 0.1) is 11.8 Å². The number of rotatable bonds is 5. The Hall–Kier alpha value is -3.94. The van der Waals surface area contributed by atoms with Crippen molar-refractivity contribution in [2.45, 2.75) is 25.4 Å². The molecule has 2 aromatic carbocycles. The minimum Gasteiger partial charge on any atom is -0.508 e. The average Bonchev–Trinajstić information content (AvgIpc) is 3.49. The van der Waals surface area contributed by atoms with Crippen molar-refractivity contribution in [2.24, 2.45) is 0 Å². The van der Waals surface area contributed by atoms with E-state index in [0.717, 1.165) is 11.1 Å². The number of amides is 1. The summed E-state index contributed by atoms with van der Waals surface area (Å²) in [6.45, 7) is 0.379. The lowest BCUT2D eigenvalue weighted by atomic mass is 10.0. The first kappa shape index (κ1) is 20.0. The molecule has 0 saturated carbocycles. The third kappa shape index (κ3) is 3.75. The van der Waals surface area contributed by atoms with E-state index >= 15 is 0 Å². The van der Waals surface area contributed by atoms with Crippen LogP contribution in [-0.4, -0.2) is 30.7 Å². The van der Waals surface area contributed by atoms with E-state index in [4.69, 9.17) is 0 Å². The van der Waals surface area contributed by atoms with Crippen LogP contribution < -0.4 is 0 Å². The van der Waals surface area contributed by atoms with Crippen LogP contribution in [0.25, 0.3) is 17.1 Å². The van der Waals surface area contributed by atoms with Gasteiger partial charge in [-0.3, -0.25) is 4.79 Å². The third-order valence-corrected chi connectivity index (χ3v) is 5.72. The van der Waals surface area contributed by atoms with Gasteiger partial charge in [-0.2, -0.15) is 9.49 Å². The van der Waals surface area contributed by atoms with E-state index in [2.05, 4.69) is 10.1 Å². The van der Waals surface area contributed by atoms with Crippen LogP contribution in [0.4, 0.5) is 8.78 Å². The summed E-state index contributed by atoms with van der Waals surface area (Å²) in [6.07, 6.45) is 2.81. The van der Waals surface area contributed by atoms with Gasteiger partial charge in [0, 0.05) is 24.7 Å². The molecule has 32 heavy (non-hydrogen) atoms. The molecule has 1 amide bonds. The summed E-state index contributed by atoms with van der Waals surface area (Å²) in [7, 11) is 0. The molecule has 162 valence electrons. The summed E-state index contributed by atoms with van der Waals surface area (Å²) < 4.78 is 28.7. The van der Waals surface area contributed by atoms with Gasteiger partial charge in [0.2, 0.25) is 5.91 Å². The van der Waals surface area contributed by atoms with Crippen molar-refractivity contribution in [3.8, 4) is 22.8 Å². The Morgan fingerprint density at radius 1 is 1.03 bits per heavy atom. The number of benzene rings is 2. The van der Waals surface area contributed by atoms with Crippen LogP contribution in [0.15, 0.2) is 66.9 Å². The van der Waals surface area contributed by atoms with Crippen molar-refractivity contribution in [3.63, 3.8) is 0 Å². The number of H-pyrrole nitrogens is 1. The number of aromatic nitrogens is 3. The van der Waals surface area contributed by atoms with E-state index in [1.165, 1.54) is 18.2 Å². The highest BCUT2D eigenvalue weighted by Crippen LogP contribution is 2.39. The number of aromatic amines is 1. The van der Waals surface area contributed by atoms with Gasteiger partial charge >= 0.3 is 0 Å². The van der Waals surface area contributed by atoms with Crippen LogP contribution in [-0.2, 0) is 11.3 Å². The monoisotopic (exact) mass is 434 g/mol. The van der Waals surface area contributed by atoms with Gasteiger partial charge in [-0.1, -0.05) is 12.1 Å². The zero-order valence-corrected chi connectivity index (χ0v) is 17.0. The molecule has 0 spiro atoms. The fourth-order valence-corrected chi connectivity index (χ4v) is 4.13. The topological polar surface area (TPSA) is 74.2 Å². The average molecular weight is 434 g/mol. The summed E-state index contributed by atoms with van der Waals surface area (Å²) in [6, 6.07) is 15.3. The standard InChI is InChI=1S/C24H20F2N4O2/c25-16-3-5-17(6-4-16)30-14-19(24(28-30)20-9-11-22(26)27-20)21-10-12-23(32)29(21)13-15-1-7-18(31)8-2-15/h1-9,11,14,21,27,31H,10,12-13H2/t21-/m1/s1. The quantitative estimate of drug-likeness (QED) is 0.478. The van der Waals surface area contributed by atoms with Gasteiger partial charge in [0.15, 0.2) is 5.95 Å². The molecule has 3 heterocycles. The fourth-order valence-electron chi connectivity index (χ4n) is 4.13. The van der Waals surface area contributed by atoms with Gasteiger partial charge in [0.1, 0.15) is 17.3 Å². The van der Waals surface area contributed by atoms with Gasteiger partial charge in [0.25, 0.3) is 0 Å². The lowest BCUT2D eigenvalue weighted by Crippen LogP contribution is -2.27. The highest BCUT2D eigenvalue weighted by Gasteiger charge is 2.35. The van der Waals surface area contributed by atoms with Gasteiger partial charge in [-0.15, -0.1) is 0 Å². The number of aromatic hydroxyl groups is 1. The summed E-state index contributed by atoms with van der Waals surface area (Å²) >= 11 is 0. The van der Waals surface area contributed by atoms with Crippen molar-refractivity contribution < 1.29 is 18.7 Å². The Kier molecular flexibility index (Phi) is 4.97. The maximum atomic E-state index is 13.7. The predicted molar refractivity (Wildman–Crippen MR) is 114 cm³/mol. The van der Waals surface area contributed by atoms with Crippen LogP contribution in [0.2, 0.25) is 0 Å². The number of nitrogens with zero attached hydrogens (tertiary/aromatic N) is 3. The normalized spacial score (nSPS) is 16.1. The third-order valence-electron chi connectivity index (χ3n) is 5.72. The molecule has 1 saturated heterocycles. The second-order valence-electron chi connectivity index (χ2n) is 7.82. The molecule has 1 fully saturated rings. The molecule has 1 aliphatic rings. The van der Waals surface area contributed by atoms with E-state index in [9.17, 15) is 18.7 Å². The highest BCUT2D eigenvalue weighted by atomic mass is 19.1. The Morgan fingerprint density at radius 3 is 2.47 bits per heavy atom. The van der Waals surface area contributed by atoms with Crippen LogP contribution in [0.5, 0.6) is 5.75 Å². The van der Waals surface area contributed by atoms with Gasteiger partial charge in [-0.05, 0) is 60.5 Å². The first-order valence-corrected chi connectivity index (χ1v) is 10.3. The smallest absolute Gasteiger partial charge is 0.223 e. The Morgan fingerprint density at radius 2 is 1.78 bits per heavy atom. The predicted octanol–water partition coefficient (Wildman–Crippen LogP) is 4.71. The number of halogens is 2. The highest BCUT2D eigenvalue weighted by molar-refractivity contribution is 5.80. The van der Waals surface area contributed by atoms with Crippen molar-refractivity contribution >= 4 is 5.91 Å². The molecule has 0 unspecified atom stereocenters. The largest absolute Gasteiger partial charge is 0.508 e. The number of likely N-dealkylation sites (tertiary alicyclic amines) is 1. The van der Waals surface area contributed by atoms with E-state index < -0.39 is 5.95 Å². The molecule has 5 rings (SSSR count). The van der Waals surface area contributed by atoms with Gasteiger partial charge in [0.05, 0.1) is 17.4 Å². The van der Waals surface area contributed by atoms with E-state index in [-0.39, 0.29) is 23.5 Å². The van der Waals surface area contributed by atoms with E-state index in [1.807, 2.05) is 6.20 Å². The maximum absolute atomic E-state index is 13.7. The Labute approximate surface area is 182 Å². The number of carbonyl (C=O) groups excluding carboxylic acids is 1. The van der Waals surface area contributed by atoms with Crippen molar-refractivity contribution in [3.05, 3.63) is 89.8 Å². The Bertz CT molecular complexity index is 1260. The second kappa shape index (κ2) is 7.96. The van der Waals surface area contributed by atoms with Crippen LogP contribution in [0.1, 0.15) is 30.0 Å². The molecule has 2 N–H and O–H groups in total. The van der Waals surface area contributed by atoms with Crippen molar-refractivity contribution in [1.82, 2.24) is 19.7 Å². The molecule has 0 aliphatic carbocycles. The van der Waals surface area contributed by atoms with Crippen molar-refractivity contribution in [2.75, 3.05) is 0 Å². The fraction of sp³-hybridized carbons (Fsp3) is 0.167. The lowest BCUT2D eigenvalue weighted by molar-refractivity contribution is -0.129. The van der Waals surface area contributed by atoms with E-state index in [1.54, 1.807) is 52.0 Å². The van der Waals surface area contributed by atoms with Crippen LogP contribution in [0.3, 0.4) is 0 Å². The number of hydrogen-bond donors (Lipinski definition) is 2. The molecule has 4 aromatic rings. The first-order chi connectivity index (χ1) is 15.5. The first-order valence-electron chi connectivity index (χ1n) is 10.3. The van der Waals surface area contributed by atoms with Crippen LogP contribution >= 0.6 is 0 Å². The summed E-state index contributed by atoms with van der Waals surface area (Å²) in [5, 5.41) is 14.2. The summed E-state index contributed by atoms with van der Waals surface area (Å²) in [4.78, 5) is 17.2.